The first-order valence-electron chi connectivity index (χ1n) is 13.2. The van der Waals surface area contributed by atoms with Crippen LogP contribution in [0.25, 0.3) is 11.0 Å². The number of nitrogens with one attached hydrogen (secondary N) is 2. The van der Waals surface area contributed by atoms with Gasteiger partial charge in [0.15, 0.2) is 5.82 Å². The van der Waals surface area contributed by atoms with Gasteiger partial charge in [-0.3, -0.25) is 4.79 Å². The summed E-state index contributed by atoms with van der Waals surface area (Å²) in [5.41, 5.74) is 2.15. The molecule has 5 rings (SSSR count). The van der Waals surface area contributed by atoms with Crippen molar-refractivity contribution in [2.45, 2.75) is 60.8 Å². The van der Waals surface area contributed by atoms with Crippen LogP contribution in [0.15, 0.2) is 30.7 Å². The number of nitrogens with zero attached hydrogens (tertiary/aromatic N) is 3. The van der Waals surface area contributed by atoms with Crippen LogP contribution in [0.5, 0.6) is 0 Å². The van der Waals surface area contributed by atoms with Gasteiger partial charge in [0.05, 0.1) is 11.1 Å². The highest BCUT2D eigenvalue weighted by molar-refractivity contribution is 5.78. The van der Waals surface area contributed by atoms with E-state index in [2.05, 4.69) is 51.5 Å². The number of hydrogen-bond acceptors (Lipinski definition) is 5. The Balaban J connectivity index is 0.000000467. The van der Waals surface area contributed by atoms with Crippen molar-refractivity contribution in [3.63, 3.8) is 0 Å². The van der Waals surface area contributed by atoms with Gasteiger partial charge in [-0.2, -0.15) is 0 Å². The molecule has 210 valence electrons. The third-order valence-electron chi connectivity index (χ3n) is 5.58. The maximum absolute atomic E-state index is 12.9. The van der Waals surface area contributed by atoms with Crippen LogP contribution in [-0.2, 0) is 0 Å². The van der Waals surface area contributed by atoms with Crippen LogP contribution < -0.4 is 5.32 Å². The number of aromatic amines is 1. The van der Waals surface area contributed by atoms with Gasteiger partial charge in [-0.1, -0.05) is 32.9 Å². The maximum atomic E-state index is 12.9. The summed E-state index contributed by atoms with van der Waals surface area (Å²) in [5, 5.41) is 3.75. The van der Waals surface area contributed by atoms with Gasteiger partial charge in [-0.05, 0) is 90.8 Å². The fourth-order valence-corrected chi connectivity index (χ4v) is 3.43. The molecule has 38 heavy (non-hydrogen) atoms. The molecule has 4 heterocycles. The van der Waals surface area contributed by atoms with E-state index in [1.807, 2.05) is 13.8 Å². The van der Waals surface area contributed by atoms with Crippen LogP contribution in [0, 0.1) is 43.7 Å². The number of halogens is 2. The van der Waals surface area contributed by atoms with E-state index in [4.69, 9.17) is 0 Å². The first kappa shape index (κ1) is 34.9. The SMILES string of the molecule is C#CC.CC.CN1CCCC1.C[C@H]1CCNC1.Cc1ccc(C=O)cc1F.Cc1ncnc2[nH]cc(F)c12. The van der Waals surface area contributed by atoms with Gasteiger partial charge < -0.3 is 15.2 Å². The minimum absolute atomic E-state index is 0.293. The van der Waals surface area contributed by atoms with E-state index < -0.39 is 0 Å². The van der Waals surface area contributed by atoms with Crippen molar-refractivity contribution >= 4 is 17.3 Å². The first-order chi connectivity index (χ1) is 18.2. The molecule has 2 N–H and O–H groups in total. The molecule has 0 aliphatic carbocycles. The van der Waals surface area contributed by atoms with Gasteiger partial charge in [0.25, 0.3) is 0 Å². The molecule has 0 radical (unpaired) electrons. The third-order valence-corrected chi connectivity index (χ3v) is 5.58. The van der Waals surface area contributed by atoms with Crippen molar-refractivity contribution in [2.24, 2.45) is 5.92 Å². The van der Waals surface area contributed by atoms with E-state index >= 15 is 0 Å². The van der Waals surface area contributed by atoms with Gasteiger partial charge >= 0.3 is 0 Å². The van der Waals surface area contributed by atoms with Crippen LogP contribution in [0.1, 0.15) is 68.6 Å². The van der Waals surface area contributed by atoms with Gasteiger partial charge in [-0.25, -0.2) is 18.7 Å². The molecule has 2 saturated heterocycles. The number of rotatable bonds is 1. The number of benzene rings is 1. The molecule has 2 fully saturated rings. The number of fused-ring (bicyclic) bond motifs is 1. The molecule has 1 atom stereocenters. The van der Waals surface area contributed by atoms with E-state index in [9.17, 15) is 13.6 Å². The molecular formula is C30H45F2N5O. The Hall–Kier alpha value is -3.15. The lowest BCUT2D eigenvalue weighted by atomic mass is 10.1. The van der Waals surface area contributed by atoms with Crippen molar-refractivity contribution in [1.82, 2.24) is 25.2 Å². The third kappa shape index (κ3) is 14.0. The normalized spacial score (nSPS) is 15.4. The number of aryl methyl sites for hydroxylation is 2. The zero-order valence-electron chi connectivity index (χ0n) is 24.1. The Morgan fingerprint density at radius 2 is 1.76 bits per heavy atom. The molecule has 8 heteroatoms. The Bertz CT molecular complexity index is 1070. The number of carbonyl (C=O) groups excluding carboxylic acids is 1. The topological polar surface area (TPSA) is 73.9 Å². The average molecular weight is 530 g/mol. The number of hydrogen-bond donors (Lipinski definition) is 2. The molecule has 1 aromatic carbocycles. The van der Waals surface area contributed by atoms with E-state index in [1.54, 1.807) is 32.9 Å². The summed E-state index contributed by atoms with van der Waals surface area (Å²) in [7, 11) is 2.17. The summed E-state index contributed by atoms with van der Waals surface area (Å²) in [6.07, 6.45) is 12.1. The zero-order valence-corrected chi connectivity index (χ0v) is 24.1. The highest BCUT2D eigenvalue weighted by Crippen LogP contribution is 2.15. The lowest BCUT2D eigenvalue weighted by Gasteiger charge is -2.01. The number of aromatic nitrogens is 3. The van der Waals surface area contributed by atoms with Crippen LogP contribution in [0.2, 0.25) is 0 Å². The number of H-pyrrole nitrogens is 1. The number of likely N-dealkylation sites (tertiary alicyclic amines) is 1. The molecule has 0 saturated carbocycles. The average Bonchev–Trinajstić information content (AvgIpc) is 3.68. The number of terminal acetylenes is 1. The fourth-order valence-electron chi connectivity index (χ4n) is 3.43. The number of aldehydes is 1. The Labute approximate surface area is 227 Å². The Morgan fingerprint density at radius 1 is 1.13 bits per heavy atom. The molecule has 2 aromatic heterocycles. The molecule has 0 spiro atoms. The number of carbonyl (C=O) groups is 1. The first-order valence-corrected chi connectivity index (χ1v) is 13.2. The van der Waals surface area contributed by atoms with Crippen LogP contribution >= 0.6 is 0 Å². The van der Waals surface area contributed by atoms with Crippen molar-refractivity contribution in [3.8, 4) is 12.3 Å². The molecule has 0 unspecified atom stereocenters. The van der Waals surface area contributed by atoms with Crippen molar-refractivity contribution in [3.05, 3.63) is 59.2 Å². The smallest absolute Gasteiger partial charge is 0.151 e. The lowest BCUT2D eigenvalue weighted by molar-refractivity contribution is 0.112. The summed E-state index contributed by atoms with van der Waals surface area (Å²) in [6, 6.07) is 4.40. The minimum atomic E-state index is -0.329. The monoisotopic (exact) mass is 529 g/mol. The fraction of sp³-hybridized carbons (Fsp3) is 0.500. The predicted molar refractivity (Wildman–Crippen MR) is 154 cm³/mol. The van der Waals surface area contributed by atoms with Gasteiger partial charge in [0, 0.05) is 11.8 Å². The predicted octanol–water partition coefficient (Wildman–Crippen LogP) is 6.35. The molecule has 2 aliphatic heterocycles. The van der Waals surface area contributed by atoms with Crippen molar-refractivity contribution in [1.29, 1.82) is 0 Å². The lowest BCUT2D eigenvalue weighted by Crippen LogP contribution is -2.10. The summed E-state index contributed by atoms with van der Waals surface area (Å²) >= 11 is 0. The highest BCUT2D eigenvalue weighted by Gasteiger charge is 2.07. The molecule has 3 aromatic rings. The minimum Gasteiger partial charge on any atom is -0.343 e. The van der Waals surface area contributed by atoms with Gasteiger partial charge in [-0.15, -0.1) is 12.3 Å². The quantitative estimate of drug-likeness (QED) is 0.284. The van der Waals surface area contributed by atoms with Crippen molar-refractivity contribution < 1.29 is 13.6 Å². The molecule has 0 amide bonds. The van der Waals surface area contributed by atoms with Crippen LogP contribution in [0.4, 0.5) is 8.78 Å². The van der Waals surface area contributed by atoms with Gasteiger partial charge in [0.2, 0.25) is 0 Å². The van der Waals surface area contributed by atoms with E-state index in [0.717, 1.165) is 5.92 Å². The second kappa shape index (κ2) is 20.9. The van der Waals surface area contributed by atoms with Crippen molar-refractivity contribution in [2.75, 3.05) is 33.2 Å². The Kier molecular flexibility index (Phi) is 19.1. The largest absolute Gasteiger partial charge is 0.343 e. The maximum Gasteiger partial charge on any atom is 0.151 e. The summed E-state index contributed by atoms with van der Waals surface area (Å²) in [6.45, 7) is 16.5. The molecular weight excluding hydrogens is 484 g/mol. The molecule has 2 aliphatic rings. The molecule has 6 nitrogen and oxygen atoms in total. The summed E-state index contributed by atoms with van der Waals surface area (Å²) in [5.74, 6) is 2.56. The van der Waals surface area contributed by atoms with Gasteiger partial charge in [0.1, 0.15) is 24.1 Å². The molecule has 0 bridgehead atoms. The zero-order chi connectivity index (χ0) is 28.9. The standard InChI is InChI=1S/C8H7FO.C7H6FN3.2C5H11N.C3H4.C2H6/c1-6-2-3-7(5-10)4-8(6)9;1-4-6-5(8)2-9-7(6)11-3-10-4;1-5-2-3-6-4-5;1-6-4-2-3-5-6;1-3-2;1-2/h2-5H,1H3;2-3H,1H3,(H,9,10,11);5-6H,2-4H2,1H3;2-5H2,1H3;1H,2H3;1-2H3/t;;5-;;;/m..0.../s1. The van der Waals surface area contributed by atoms with Crippen LogP contribution in [-0.4, -0.2) is 59.4 Å². The highest BCUT2D eigenvalue weighted by atomic mass is 19.1. The van der Waals surface area contributed by atoms with E-state index in [1.165, 1.54) is 64.0 Å². The second-order valence-electron chi connectivity index (χ2n) is 8.84. The van der Waals surface area contributed by atoms with E-state index in [0.29, 0.717) is 34.1 Å². The summed E-state index contributed by atoms with van der Waals surface area (Å²) in [4.78, 5) is 22.9. The van der Waals surface area contributed by atoms with E-state index in [-0.39, 0.29) is 11.6 Å². The Morgan fingerprint density at radius 3 is 2.16 bits per heavy atom. The second-order valence-corrected chi connectivity index (χ2v) is 8.84. The summed E-state index contributed by atoms with van der Waals surface area (Å²) < 4.78 is 25.5. The van der Waals surface area contributed by atoms with Crippen LogP contribution in [0.3, 0.4) is 0 Å².